The van der Waals surface area contributed by atoms with Gasteiger partial charge in [0.15, 0.2) is 0 Å². The first-order valence-corrected chi connectivity index (χ1v) is 7.74. The van der Waals surface area contributed by atoms with E-state index in [0.29, 0.717) is 18.0 Å². The summed E-state index contributed by atoms with van der Waals surface area (Å²) in [6.07, 6.45) is 3.69. The topological polar surface area (TPSA) is 24.5 Å². The summed E-state index contributed by atoms with van der Waals surface area (Å²) in [6, 6.07) is 1.35. The Hall–Kier alpha value is -0.120. The molecule has 0 aromatic carbocycles. The maximum absolute atomic E-state index is 5.65. The molecule has 0 aromatic heterocycles. The fourth-order valence-corrected chi connectivity index (χ4v) is 2.65. The molecule has 0 spiro atoms. The van der Waals surface area contributed by atoms with Crippen molar-refractivity contribution in [2.24, 2.45) is 5.92 Å². The number of piperazine rings is 1. The summed E-state index contributed by atoms with van der Waals surface area (Å²) in [4.78, 5) is 2.64. The van der Waals surface area contributed by atoms with E-state index in [9.17, 15) is 0 Å². The Kier molecular flexibility index (Phi) is 7.87. The molecule has 1 aliphatic heterocycles. The number of rotatable bonds is 8. The molecular weight excluding hydrogens is 224 g/mol. The monoisotopic (exact) mass is 256 g/mol. The van der Waals surface area contributed by atoms with E-state index in [1.165, 1.54) is 19.4 Å². The maximum Gasteiger partial charge on any atom is 0.0593 e. The van der Waals surface area contributed by atoms with E-state index < -0.39 is 0 Å². The number of nitrogens with zero attached hydrogens (tertiary/aromatic N) is 1. The summed E-state index contributed by atoms with van der Waals surface area (Å²) in [5.41, 5.74) is 0. The second kappa shape index (κ2) is 8.89. The quantitative estimate of drug-likeness (QED) is 0.675. The lowest BCUT2D eigenvalue weighted by atomic mass is 9.98. The summed E-state index contributed by atoms with van der Waals surface area (Å²) >= 11 is 0. The predicted molar refractivity (Wildman–Crippen MR) is 78.0 cm³/mol. The SMILES string of the molecule is CCCOCCN1CC(C(C)C)NCC1CCC. The fourth-order valence-electron chi connectivity index (χ4n) is 2.65. The van der Waals surface area contributed by atoms with Crippen LogP contribution in [0.2, 0.25) is 0 Å². The number of hydrogen-bond acceptors (Lipinski definition) is 3. The van der Waals surface area contributed by atoms with Crippen molar-refractivity contribution in [3.05, 3.63) is 0 Å². The Morgan fingerprint density at radius 2 is 2.00 bits per heavy atom. The molecule has 0 saturated carbocycles. The highest BCUT2D eigenvalue weighted by molar-refractivity contribution is 4.87. The van der Waals surface area contributed by atoms with Crippen molar-refractivity contribution in [3.8, 4) is 0 Å². The lowest BCUT2D eigenvalue weighted by molar-refractivity contribution is 0.0560. The average Bonchev–Trinajstić information content (AvgIpc) is 2.36. The maximum atomic E-state index is 5.65. The van der Waals surface area contributed by atoms with Gasteiger partial charge < -0.3 is 10.1 Å². The minimum absolute atomic E-state index is 0.643. The average molecular weight is 256 g/mol. The third-order valence-electron chi connectivity index (χ3n) is 3.86. The zero-order valence-electron chi connectivity index (χ0n) is 12.7. The van der Waals surface area contributed by atoms with E-state index in [-0.39, 0.29) is 0 Å². The molecule has 108 valence electrons. The first-order chi connectivity index (χ1) is 8.69. The van der Waals surface area contributed by atoms with Crippen molar-refractivity contribution in [1.29, 1.82) is 0 Å². The van der Waals surface area contributed by atoms with Crippen LogP contribution in [0.4, 0.5) is 0 Å². The lowest BCUT2D eigenvalue weighted by Gasteiger charge is -2.42. The van der Waals surface area contributed by atoms with Crippen LogP contribution in [0, 0.1) is 5.92 Å². The van der Waals surface area contributed by atoms with Crippen molar-refractivity contribution in [2.45, 2.75) is 59.0 Å². The van der Waals surface area contributed by atoms with Crippen molar-refractivity contribution in [1.82, 2.24) is 10.2 Å². The molecule has 0 amide bonds. The van der Waals surface area contributed by atoms with Gasteiger partial charge in [0.05, 0.1) is 6.61 Å². The molecular formula is C15H32N2O. The van der Waals surface area contributed by atoms with Crippen LogP contribution < -0.4 is 5.32 Å². The first kappa shape index (κ1) is 15.9. The van der Waals surface area contributed by atoms with E-state index in [0.717, 1.165) is 32.7 Å². The third kappa shape index (κ3) is 5.25. The molecule has 1 aliphatic rings. The molecule has 1 fully saturated rings. The van der Waals surface area contributed by atoms with Gasteiger partial charge in [-0.15, -0.1) is 0 Å². The Bertz CT molecular complexity index is 209. The largest absolute Gasteiger partial charge is 0.380 e. The zero-order chi connectivity index (χ0) is 13.4. The van der Waals surface area contributed by atoms with Crippen molar-refractivity contribution in [3.63, 3.8) is 0 Å². The fraction of sp³-hybridized carbons (Fsp3) is 1.00. The Morgan fingerprint density at radius 3 is 2.61 bits per heavy atom. The van der Waals surface area contributed by atoms with Gasteiger partial charge in [-0.2, -0.15) is 0 Å². The Morgan fingerprint density at radius 1 is 1.22 bits per heavy atom. The molecule has 1 rings (SSSR count). The van der Waals surface area contributed by atoms with Crippen LogP contribution in [-0.4, -0.2) is 49.8 Å². The van der Waals surface area contributed by atoms with Gasteiger partial charge in [-0.3, -0.25) is 4.90 Å². The standard InChI is InChI=1S/C15H32N2O/c1-5-7-14-11-16-15(13(3)4)12-17(14)8-10-18-9-6-2/h13-16H,5-12H2,1-4H3. The van der Waals surface area contributed by atoms with Gasteiger partial charge in [0.1, 0.15) is 0 Å². The van der Waals surface area contributed by atoms with Gasteiger partial charge in [0.25, 0.3) is 0 Å². The van der Waals surface area contributed by atoms with Gasteiger partial charge in [-0.25, -0.2) is 0 Å². The highest BCUT2D eigenvalue weighted by atomic mass is 16.5. The van der Waals surface area contributed by atoms with Gasteiger partial charge in [-0.05, 0) is 18.8 Å². The number of ether oxygens (including phenoxy) is 1. The summed E-state index contributed by atoms with van der Waals surface area (Å²) in [5, 5.41) is 3.70. The molecule has 0 bridgehead atoms. The smallest absolute Gasteiger partial charge is 0.0593 e. The molecule has 0 radical (unpaired) electrons. The van der Waals surface area contributed by atoms with Crippen molar-refractivity contribution < 1.29 is 4.74 Å². The summed E-state index contributed by atoms with van der Waals surface area (Å²) < 4.78 is 5.65. The van der Waals surface area contributed by atoms with Crippen molar-refractivity contribution >= 4 is 0 Å². The van der Waals surface area contributed by atoms with Gasteiger partial charge in [0.2, 0.25) is 0 Å². The Labute approximate surface area is 113 Å². The van der Waals surface area contributed by atoms with Crippen LogP contribution in [0.25, 0.3) is 0 Å². The number of hydrogen-bond donors (Lipinski definition) is 1. The van der Waals surface area contributed by atoms with Gasteiger partial charge >= 0.3 is 0 Å². The predicted octanol–water partition coefficient (Wildman–Crippen LogP) is 2.51. The van der Waals surface area contributed by atoms with Crippen LogP contribution in [-0.2, 0) is 4.74 Å². The lowest BCUT2D eigenvalue weighted by Crippen LogP contribution is -2.58. The summed E-state index contributed by atoms with van der Waals surface area (Å²) in [5.74, 6) is 0.714. The van der Waals surface area contributed by atoms with Crippen LogP contribution in [0.5, 0.6) is 0 Å². The normalized spacial score (nSPS) is 25.8. The number of nitrogens with one attached hydrogen (secondary N) is 1. The van der Waals surface area contributed by atoms with Crippen LogP contribution in [0.3, 0.4) is 0 Å². The molecule has 2 atom stereocenters. The van der Waals surface area contributed by atoms with Gasteiger partial charge in [0, 0.05) is 38.3 Å². The first-order valence-electron chi connectivity index (χ1n) is 7.74. The summed E-state index contributed by atoms with van der Waals surface area (Å²) in [6.45, 7) is 14.3. The highest BCUT2D eigenvalue weighted by Crippen LogP contribution is 2.15. The molecule has 3 nitrogen and oxygen atoms in total. The molecule has 3 heteroatoms. The highest BCUT2D eigenvalue weighted by Gasteiger charge is 2.28. The van der Waals surface area contributed by atoms with Crippen LogP contribution in [0.1, 0.15) is 47.0 Å². The van der Waals surface area contributed by atoms with E-state index in [1.54, 1.807) is 0 Å². The summed E-state index contributed by atoms with van der Waals surface area (Å²) in [7, 11) is 0. The molecule has 1 N–H and O–H groups in total. The van der Waals surface area contributed by atoms with Crippen LogP contribution in [0.15, 0.2) is 0 Å². The molecule has 2 unspecified atom stereocenters. The van der Waals surface area contributed by atoms with E-state index >= 15 is 0 Å². The molecule has 18 heavy (non-hydrogen) atoms. The molecule has 0 aliphatic carbocycles. The van der Waals surface area contributed by atoms with Crippen LogP contribution >= 0.6 is 0 Å². The molecule has 0 aromatic rings. The van der Waals surface area contributed by atoms with E-state index in [1.807, 2.05) is 0 Å². The minimum Gasteiger partial charge on any atom is -0.380 e. The molecule has 1 heterocycles. The Balaban J connectivity index is 2.39. The van der Waals surface area contributed by atoms with E-state index in [4.69, 9.17) is 4.74 Å². The minimum atomic E-state index is 0.643. The van der Waals surface area contributed by atoms with Gasteiger partial charge in [-0.1, -0.05) is 34.1 Å². The second-order valence-corrected chi connectivity index (χ2v) is 5.81. The van der Waals surface area contributed by atoms with Crippen molar-refractivity contribution in [2.75, 3.05) is 32.8 Å². The zero-order valence-corrected chi connectivity index (χ0v) is 12.7. The molecule has 1 saturated heterocycles. The van der Waals surface area contributed by atoms with E-state index in [2.05, 4.69) is 37.9 Å². The third-order valence-corrected chi connectivity index (χ3v) is 3.86. The second-order valence-electron chi connectivity index (χ2n) is 5.81.